The predicted octanol–water partition coefficient (Wildman–Crippen LogP) is 1.62. The second kappa shape index (κ2) is 8.56. The Morgan fingerprint density at radius 2 is 2.19 bits per heavy atom. The van der Waals surface area contributed by atoms with E-state index in [1.165, 1.54) is 33.0 Å². The van der Waals surface area contributed by atoms with Crippen LogP contribution in [0.15, 0.2) is 23.0 Å². The molecule has 0 aliphatic rings. The van der Waals surface area contributed by atoms with Crippen LogP contribution in [-0.4, -0.2) is 33.5 Å². The van der Waals surface area contributed by atoms with Crippen LogP contribution < -0.4 is 16.4 Å². The van der Waals surface area contributed by atoms with Gasteiger partial charge >= 0.3 is 0 Å². The average molecular weight is 476 g/mol. The van der Waals surface area contributed by atoms with Gasteiger partial charge in [-0.2, -0.15) is 5.10 Å². The number of nitrogens with one attached hydrogen (secondary N) is 2. The van der Waals surface area contributed by atoms with Crippen LogP contribution >= 0.6 is 22.6 Å². The fraction of sp³-hybridized carbons (Fsp3) is 0.312. The van der Waals surface area contributed by atoms with E-state index >= 15 is 0 Å². The Labute approximate surface area is 162 Å². The summed E-state index contributed by atoms with van der Waals surface area (Å²) in [4.78, 5) is 29.4. The first kappa shape index (κ1) is 20.3. The maximum Gasteiger partial charge on any atom is 0.297 e. The third kappa shape index (κ3) is 4.77. The summed E-state index contributed by atoms with van der Waals surface area (Å²) in [5.41, 5.74) is 1.94. The number of benzene rings is 1. The zero-order valence-electron chi connectivity index (χ0n) is 14.3. The molecule has 10 heteroatoms. The van der Waals surface area contributed by atoms with Crippen LogP contribution in [0, 0.1) is 16.3 Å². The van der Waals surface area contributed by atoms with E-state index in [1.54, 1.807) is 6.07 Å². The quantitative estimate of drug-likeness (QED) is 0.433. The summed E-state index contributed by atoms with van der Waals surface area (Å²) >= 11 is 1.97. The molecule has 0 radical (unpaired) electrons. The first-order valence-electron chi connectivity index (χ1n) is 7.61. The van der Waals surface area contributed by atoms with E-state index < -0.39 is 23.4 Å². The molecule has 8 nitrogen and oxygen atoms in total. The molecule has 3 N–H and O–H groups in total. The minimum atomic E-state index is -0.774. The second-order valence-electron chi connectivity index (χ2n) is 5.62. The molecule has 1 aromatic heterocycles. The lowest BCUT2D eigenvalue weighted by molar-refractivity contribution is -0.00717. The lowest BCUT2D eigenvalue weighted by atomic mass is 10.2. The number of hydrogen-bond donors (Lipinski definition) is 3. The molecule has 0 saturated heterocycles. The van der Waals surface area contributed by atoms with Gasteiger partial charge in [-0.3, -0.25) is 14.4 Å². The van der Waals surface area contributed by atoms with Gasteiger partial charge in [-0.25, -0.2) is 14.6 Å². The van der Waals surface area contributed by atoms with Gasteiger partial charge < -0.3 is 10.4 Å². The maximum atomic E-state index is 14.1. The number of aromatic nitrogens is 2. The molecule has 0 aliphatic carbocycles. The zero-order valence-corrected chi connectivity index (χ0v) is 16.5. The van der Waals surface area contributed by atoms with E-state index in [1.807, 2.05) is 22.6 Å². The molecule has 1 atom stereocenters. The van der Waals surface area contributed by atoms with Crippen LogP contribution in [0.5, 0.6) is 0 Å². The fourth-order valence-electron chi connectivity index (χ4n) is 2.09. The van der Waals surface area contributed by atoms with E-state index in [0.717, 1.165) is 4.68 Å². The highest BCUT2D eigenvalue weighted by Crippen LogP contribution is 2.25. The minimum absolute atomic E-state index is 0.0753. The Hall–Kier alpha value is -2.05. The molecule has 1 heterocycles. The van der Waals surface area contributed by atoms with Crippen molar-refractivity contribution in [3.8, 4) is 0 Å². The normalized spacial score (nSPS) is 11.9. The van der Waals surface area contributed by atoms with E-state index in [0.29, 0.717) is 3.57 Å². The molecule has 1 amide bonds. The monoisotopic (exact) mass is 476 g/mol. The average Bonchev–Trinajstić information content (AvgIpc) is 2.56. The van der Waals surface area contributed by atoms with Crippen molar-refractivity contribution < 1.29 is 19.1 Å². The van der Waals surface area contributed by atoms with Crippen molar-refractivity contribution in [1.29, 1.82) is 0 Å². The zero-order chi connectivity index (χ0) is 19.4. The van der Waals surface area contributed by atoms with Crippen molar-refractivity contribution in [2.24, 2.45) is 7.05 Å². The smallest absolute Gasteiger partial charge is 0.297 e. The van der Waals surface area contributed by atoms with Crippen LogP contribution in [0.4, 0.5) is 15.8 Å². The molecule has 0 fully saturated rings. The van der Waals surface area contributed by atoms with Crippen molar-refractivity contribution in [2.75, 3.05) is 11.9 Å². The molecule has 140 valence electrons. The summed E-state index contributed by atoms with van der Waals surface area (Å²) < 4.78 is 15.9. The van der Waals surface area contributed by atoms with Crippen molar-refractivity contribution in [3.05, 3.63) is 49.2 Å². The topological polar surface area (TPSA) is 105 Å². The van der Waals surface area contributed by atoms with Crippen molar-refractivity contribution in [2.45, 2.75) is 20.0 Å². The Bertz CT molecular complexity index is 885. The first-order valence-corrected chi connectivity index (χ1v) is 8.68. The molecular formula is C16H18FIN4O4. The number of anilines is 2. The van der Waals surface area contributed by atoms with Gasteiger partial charge in [0, 0.05) is 16.2 Å². The molecule has 0 spiro atoms. The van der Waals surface area contributed by atoms with Crippen LogP contribution in [0.1, 0.15) is 23.0 Å². The minimum Gasteiger partial charge on any atom is -0.391 e. The number of aliphatic hydroxyl groups is 1. The number of rotatable bonds is 6. The fourth-order valence-corrected chi connectivity index (χ4v) is 2.54. The molecule has 0 saturated carbocycles. The number of carbonyl (C=O) groups is 1. The maximum absolute atomic E-state index is 14.1. The largest absolute Gasteiger partial charge is 0.391 e. The standard InChI is InChI=1S/C16H18FIN4O4/c1-8(23)7-26-21-15(24)14-13(9(2)16(25)22(3)20-14)19-12-5-4-10(18)6-11(12)17/h4-6,8,19,23H,7H2,1-3H3,(H,21,24). The van der Waals surface area contributed by atoms with Gasteiger partial charge in [0.25, 0.3) is 11.5 Å². The second-order valence-corrected chi connectivity index (χ2v) is 6.86. The summed E-state index contributed by atoms with van der Waals surface area (Å²) in [6, 6.07) is 4.50. The third-order valence-electron chi connectivity index (χ3n) is 3.37. The Kier molecular flexibility index (Phi) is 6.67. The number of aryl methyl sites for hydroxylation is 1. The van der Waals surface area contributed by atoms with Crippen molar-refractivity contribution in [3.63, 3.8) is 0 Å². The third-order valence-corrected chi connectivity index (χ3v) is 4.04. The van der Waals surface area contributed by atoms with Gasteiger partial charge in [0.2, 0.25) is 0 Å². The van der Waals surface area contributed by atoms with Gasteiger partial charge in [0.1, 0.15) is 12.4 Å². The number of halogens is 2. The molecule has 1 unspecified atom stereocenters. The molecule has 1 aromatic carbocycles. The SMILES string of the molecule is Cc1c(Nc2ccc(I)cc2F)c(C(=O)NOCC(C)O)nn(C)c1=O. The molecular weight excluding hydrogens is 458 g/mol. The first-order chi connectivity index (χ1) is 12.2. The summed E-state index contributed by atoms with van der Waals surface area (Å²) in [6.07, 6.45) is -0.774. The van der Waals surface area contributed by atoms with E-state index in [9.17, 15) is 19.1 Å². The Balaban J connectivity index is 2.41. The summed E-state index contributed by atoms with van der Waals surface area (Å²) in [6.45, 7) is 2.88. The van der Waals surface area contributed by atoms with Crippen LogP contribution in [0.3, 0.4) is 0 Å². The highest BCUT2D eigenvalue weighted by Gasteiger charge is 2.21. The Morgan fingerprint density at radius 3 is 2.81 bits per heavy atom. The number of amides is 1. The summed E-state index contributed by atoms with van der Waals surface area (Å²) in [7, 11) is 1.40. The van der Waals surface area contributed by atoms with Crippen LogP contribution in [0.25, 0.3) is 0 Å². The van der Waals surface area contributed by atoms with Crippen molar-refractivity contribution in [1.82, 2.24) is 15.3 Å². The van der Waals surface area contributed by atoms with Crippen molar-refractivity contribution >= 4 is 39.9 Å². The molecule has 0 bridgehead atoms. The molecule has 2 aromatic rings. The Morgan fingerprint density at radius 1 is 1.50 bits per heavy atom. The van der Waals surface area contributed by atoms with Gasteiger partial charge in [0.05, 0.1) is 17.5 Å². The van der Waals surface area contributed by atoms with Crippen LogP contribution in [-0.2, 0) is 11.9 Å². The van der Waals surface area contributed by atoms with E-state index in [4.69, 9.17) is 4.84 Å². The number of nitrogens with zero attached hydrogens (tertiary/aromatic N) is 2. The number of carbonyl (C=O) groups excluding carboxylic acids is 1. The predicted molar refractivity (Wildman–Crippen MR) is 102 cm³/mol. The number of hydrogen-bond acceptors (Lipinski definition) is 6. The van der Waals surface area contributed by atoms with Gasteiger partial charge in [-0.05, 0) is 54.6 Å². The van der Waals surface area contributed by atoms with Gasteiger partial charge in [-0.1, -0.05) is 0 Å². The highest BCUT2D eigenvalue weighted by molar-refractivity contribution is 14.1. The van der Waals surface area contributed by atoms with E-state index in [-0.39, 0.29) is 29.2 Å². The lowest BCUT2D eigenvalue weighted by Crippen LogP contribution is -2.33. The van der Waals surface area contributed by atoms with Gasteiger partial charge in [0.15, 0.2) is 5.69 Å². The number of aliphatic hydroxyl groups excluding tert-OH is 1. The summed E-state index contributed by atoms with van der Waals surface area (Å²) in [5.74, 6) is -1.27. The molecule has 2 rings (SSSR count). The van der Waals surface area contributed by atoms with Gasteiger partial charge in [-0.15, -0.1) is 0 Å². The summed E-state index contributed by atoms with van der Waals surface area (Å²) in [5, 5.41) is 15.9. The van der Waals surface area contributed by atoms with E-state index in [2.05, 4.69) is 15.9 Å². The molecule has 0 aliphatic heterocycles. The van der Waals surface area contributed by atoms with Crippen LogP contribution in [0.2, 0.25) is 0 Å². The highest BCUT2D eigenvalue weighted by atomic mass is 127. The lowest BCUT2D eigenvalue weighted by Gasteiger charge is -2.15. The molecule has 26 heavy (non-hydrogen) atoms. The number of hydroxylamine groups is 1.